The van der Waals surface area contributed by atoms with Gasteiger partial charge in [-0.25, -0.2) is 0 Å². The number of rotatable bonds is 6. The number of piperazine rings is 1. The lowest BCUT2D eigenvalue weighted by molar-refractivity contribution is 0.0472. The van der Waals surface area contributed by atoms with Crippen LogP contribution < -0.4 is 0 Å². The molecule has 1 aliphatic heterocycles. The van der Waals surface area contributed by atoms with Crippen LogP contribution in [0.15, 0.2) is 51.6 Å². The van der Waals surface area contributed by atoms with Gasteiger partial charge in [0.15, 0.2) is 0 Å². The SMILES string of the molecule is OCC[C@@H]1CN(Cc2cc3ccccc3o2)CCN1Cc1ccsc1. The summed E-state index contributed by atoms with van der Waals surface area (Å²) in [6, 6.07) is 12.9. The van der Waals surface area contributed by atoms with E-state index in [0.29, 0.717) is 6.04 Å². The highest BCUT2D eigenvalue weighted by molar-refractivity contribution is 7.07. The molecule has 2 aromatic heterocycles. The molecule has 5 heteroatoms. The van der Waals surface area contributed by atoms with Gasteiger partial charge in [-0.3, -0.25) is 9.80 Å². The van der Waals surface area contributed by atoms with Crippen LogP contribution in [0.4, 0.5) is 0 Å². The summed E-state index contributed by atoms with van der Waals surface area (Å²) in [6.45, 7) is 5.09. The third-order valence-electron chi connectivity index (χ3n) is 4.97. The maximum atomic E-state index is 9.47. The summed E-state index contributed by atoms with van der Waals surface area (Å²) in [5.41, 5.74) is 2.33. The van der Waals surface area contributed by atoms with E-state index in [2.05, 4.69) is 38.8 Å². The van der Waals surface area contributed by atoms with Gasteiger partial charge in [0.05, 0.1) is 6.54 Å². The first-order valence-corrected chi connectivity index (χ1v) is 9.82. The van der Waals surface area contributed by atoms with E-state index < -0.39 is 0 Å². The number of benzene rings is 1. The van der Waals surface area contributed by atoms with Gasteiger partial charge in [0.2, 0.25) is 0 Å². The molecule has 1 aromatic carbocycles. The lowest BCUT2D eigenvalue weighted by Gasteiger charge is -2.41. The van der Waals surface area contributed by atoms with Gasteiger partial charge in [-0.15, -0.1) is 0 Å². The smallest absolute Gasteiger partial charge is 0.134 e. The fourth-order valence-corrected chi connectivity index (χ4v) is 4.34. The number of hydrogen-bond donors (Lipinski definition) is 1. The molecule has 4 nitrogen and oxygen atoms in total. The lowest BCUT2D eigenvalue weighted by Crippen LogP contribution is -2.52. The Morgan fingerprint density at radius 1 is 1.16 bits per heavy atom. The molecule has 4 rings (SSSR count). The van der Waals surface area contributed by atoms with Crippen LogP contribution in [0.2, 0.25) is 0 Å². The Balaban J connectivity index is 1.42. The van der Waals surface area contributed by atoms with E-state index in [-0.39, 0.29) is 6.61 Å². The van der Waals surface area contributed by atoms with Crippen molar-refractivity contribution < 1.29 is 9.52 Å². The average molecular weight is 356 g/mol. The Bertz CT molecular complexity index is 766. The van der Waals surface area contributed by atoms with E-state index in [4.69, 9.17) is 4.42 Å². The van der Waals surface area contributed by atoms with Crippen LogP contribution in [0.25, 0.3) is 11.0 Å². The predicted octanol–water partition coefficient (Wildman–Crippen LogP) is 3.56. The van der Waals surface area contributed by atoms with Gasteiger partial charge in [0.1, 0.15) is 11.3 Å². The molecule has 0 aliphatic carbocycles. The Labute approximate surface area is 152 Å². The van der Waals surface area contributed by atoms with Crippen molar-refractivity contribution in [3.8, 4) is 0 Å². The van der Waals surface area contributed by atoms with E-state index in [1.807, 2.05) is 18.2 Å². The predicted molar refractivity (Wildman–Crippen MR) is 102 cm³/mol. The second-order valence-electron chi connectivity index (χ2n) is 6.75. The van der Waals surface area contributed by atoms with Crippen molar-refractivity contribution in [1.29, 1.82) is 0 Å². The van der Waals surface area contributed by atoms with Crippen LogP contribution in [0.3, 0.4) is 0 Å². The van der Waals surface area contributed by atoms with Crippen LogP contribution in [-0.4, -0.2) is 47.2 Å². The van der Waals surface area contributed by atoms with Gasteiger partial charge in [0.25, 0.3) is 0 Å². The molecule has 0 spiro atoms. The molecule has 3 heterocycles. The van der Waals surface area contributed by atoms with Crippen LogP contribution >= 0.6 is 11.3 Å². The Morgan fingerprint density at radius 2 is 2.08 bits per heavy atom. The monoisotopic (exact) mass is 356 g/mol. The summed E-state index contributed by atoms with van der Waals surface area (Å²) in [5.74, 6) is 1.02. The van der Waals surface area contributed by atoms with Crippen molar-refractivity contribution in [3.63, 3.8) is 0 Å². The third-order valence-corrected chi connectivity index (χ3v) is 5.70. The van der Waals surface area contributed by atoms with Crippen LogP contribution in [0.1, 0.15) is 17.7 Å². The normalized spacial score (nSPS) is 19.6. The molecule has 0 saturated carbocycles. The molecular formula is C20H24N2O2S. The molecule has 25 heavy (non-hydrogen) atoms. The first kappa shape index (κ1) is 16.8. The minimum atomic E-state index is 0.239. The number of furan rings is 1. The average Bonchev–Trinajstić information content (AvgIpc) is 3.26. The first-order chi connectivity index (χ1) is 12.3. The van der Waals surface area contributed by atoms with E-state index in [1.54, 1.807) is 11.3 Å². The summed E-state index contributed by atoms with van der Waals surface area (Å²) >= 11 is 1.75. The van der Waals surface area contributed by atoms with E-state index in [9.17, 15) is 5.11 Å². The summed E-state index contributed by atoms with van der Waals surface area (Å²) in [5, 5.41) is 15.0. The molecule has 132 valence electrons. The second kappa shape index (κ2) is 7.70. The third kappa shape index (κ3) is 3.96. The zero-order chi connectivity index (χ0) is 17.1. The van der Waals surface area contributed by atoms with Crippen molar-refractivity contribution in [3.05, 3.63) is 58.5 Å². The minimum Gasteiger partial charge on any atom is -0.460 e. The van der Waals surface area contributed by atoms with Crippen LogP contribution in [0, 0.1) is 0 Å². The van der Waals surface area contributed by atoms with Crippen molar-refractivity contribution in [2.75, 3.05) is 26.2 Å². The summed E-state index contributed by atoms with van der Waals surface area (Å²) in [4.78, 5) is 4.95. The number of para-hydroxylation sites is 1. The Morgan fingerprint density at radius 3 is 2.88 bits per heavy atom. The number of fused-ring (bicyclic) bond motifs is 1. The summed E-state index contributed by atoms with van der Waals surface area (Å²) in [7, 11) is 0. The molecule has 1 atom stereocenters. The highest BCUT2D eigenvalue weighted by atomic mass is 32.1. The highest BCUT2D eigenvalue weighted by Gasteiger charge is 2.27. The first-order valence-electron chi connectivity index (χ1n) is 8.87. The molecular weight excluding hydrogens is 332 g/mol. The van der Waals surface area contributed by atoms with Crippen LogP contribution in [-0.2, 0) is 13.1 Å². The fraction of sp³-hybridized carbons (Fsp3) is 0.400. The standard InChI is InChI=1S/C20H24N2O2S/c23-9-5-18-13-21(7-8-22(18)12-16-6-10-25-15-16)14-19-11-17-3-1-2-4-20(17)24-19/h1-4,6,10-11,15,18,23H,5,7-9,12-14H2/t18-/m1/s1. The molecule has 0 radical (unpaired) electrons. The van der Waals surface area contributed by atoms with E-state index >= 15 is 0 Å². The van der Waals surface area contributed by atoms with Crippen LogP contribution in [0.5, 0.6) is 0 Å². The second-order valence-corrected chi connectivity index (χ2v) is 7.53. The Kier molecular flexibility index (Phi) is 5.17. The number of nitrogens with zero attached hydrogens (tertiary/aromatic N) is 2. The van der Waals surface area contributed by atoms with Gasteiger partial charge < -0.3 is 9.52 Å². The zero-order valence-electron chi connectivity index (χ0n) is 14.3. The van der Waals surface area contributed by atoms with Gasteiger partial charge in [-0.05, 0) is 40.9 Å². The number of aliphatic hydroxyl groups is 1. The summed E-state index contributed by atoms with van der Waals surface area (Å²) < 4.78 is 5.97. The van der Waals surface area contributed by atoms with Crippen molar-refractivity contribution >= 4 is 22.3 Å². The summed E-state index contributed by atoms with van der Waals surface area (Å²) in [6.07, 6.45) is 0.820. The number of thiophene rings is 1. The van der Waals surface area contributed by atoms with Gasteiger partial charge in [-0.1, -0.05) is 18.2 Å². The molecule has 0 amide bonds. The molecule has 1 N–H and O–H groups in total. The molecule has 1 aliphatic rings. The maximum Gasteiger partial charge on any atom is 0.134 e. The largest absolute Gasteiger partial charge is 0.460 e. The maximum absolute atomic E-state index is 9.47. The molecule has 1 fully saturated rings. The quantitative estimate of drug-likeness (QED) is 0.733. The molecule has 0 unspecified atom stereocenters. The minimum absolute atomic E-state index is 0.239. The van der Waals surface area contributed by atoms with Crippen molar-refractivity contribution in [2.45, 2.75) is 25.6 Å². The number of aliphatic hydroxyl groups excluding tert-OH is 1. The Hall–Kier alpha value is -1.66. The zero-order valence-corrected chi connectivity index (χ0v) is 15.1. The van der Waals surface area contributed by atoms with Gasteiger partial charge in [-0.2, -0.15) is 11.3 Å². The van der Waals surface area contributed by atoms with Gasteiger partial charge in [0, 0.05) is 44.2 Å². The molecule has 0 bridgehead atoms. The number of hydrogen-bond acceptors (Lipinski definition) is 5. The highest BCUT2D eigenvalue weighted by Crippen LogP contribution is 2.23. The molecule has 3 aromatic rings. The molecule has 1 saturated heterocycles. The van der Waals surface area contributed by atoms with Gasteiger partial charge >= 0.3 is 0 Å². The lowest BCUT2D eigenvalue weighted by atomic mass is 10.1. The topological polar surface area (TPSA) is 39.9 Å². The van der Waals surface area contributed by atoms with E-state index in [0.717, 1.165) is 50.5 Å². The van der Waals surface area contributed by atoms with Crippen molar-refractivity contribution in [1.82, 2.24) is 9.80 Å². The van der Waals surface area contributed by atoms with Crippen molar-refractivity contribution in [2.24, 2.45) is 0 Å². The fourth-order valence-electron chi connectivity index (χ4n) is 3.68. The van der Waals surface area contributed by atoms with E-state index in [1.165, 1.54) is 10.9 Å².